The fourth-order valence-electron chi connectivity index (χ4n) is 4.50. The molecule has 0 aromatic heterocycles. The third-order valence-corrected chi connectivity index (χ3v) is 6.15. The third-order valence-electron chi connectivity index (χ3n) is 6.15. The maximum Gasteiger partial charge on any atom is 0.225 e. The minimum Gasteiger partial charge on any atom is -0.342 e. The number of alkyl halides is 1. The van der Waals surface area contributed by atoms with Crippen molar-refractivity contribution in [1.29, 1.82) is 0 Å². The van der Waals surface area contributed by atoms with Crippen molar-refractivity contribution in [3.63, 3.8) is 0 Å². The van der Waals surface area contributed by atoms with Gasteiger partial charge < -0.3 is 4.90 Å². The fraction of sp³-hybridized carbons (Fsp3) is 0.650. The molecule has 0 bridgehead atoms. The van der Waals surface area contributed by atoms with Crippen LogP contribution in [0.25, 0.3) is 0 Å². The van der Waals surface area contributed by atoms with E-state index < -0.39 is 17.3 Å². The zero-order valence-electron chi connectivity index (χ0n) is 14.9. The second-order valence-electron chi connectivity index (χ2n) is 8.00. The molecule has 1 aliphatic carbocycles. The van der Waals surface area contributed by atoms with Gasteiger partial charge in [0.25, 0.3) is 0 Å². The molecule has 4 rings (SSSR count). The molecule has 0 unspecified atom stereocenters. The standard InChI is InChI=1S/C20H25F3N2O/c21-17-9-15(10-18(22)16(17)13-24-5-1-2-6-24)20(23)11-14(12-20)19(26)25-7-3-4-8-25/h9-10,14H,1-8,11-13H2/t14-,20-. The molecule has 1 aromatic rings. The highest BCUT2D eigenvalue weighted by molar-refractivity contribution is 5.80. The number of carbonyl (C=O) groups is 1. The van der Waals surface area contributed by atoms with Crippen LogP contribution in [0.5, 0.6) is 0 Å². The Hall–Kier alpha value is -1.56. The van der Waals surface area contributed by atoms with E-state index in [-0.39, 0.29) is 42.3 Å². The van der Waals surface area contributed by atoms with E-state index in [9.17, 15) is 13.6 Å². The second-order valence-corrected chi connectivity index (χ2v) is 8.00. The minimum absolute atomic E-state index is 0.0117. The Balaban J connectivity index is 1.45. The normalized spacial score (nSPS) is 29.2. The Morgan fingerprint density at radius 3 is 2.12 bits per heavy atom. The lowest BCUT2D eigenvalue weighted by molar-refractivity contribution is -0.144. The molecule has 142 valence electrons. The van der Waals surface area contributed by atoms with Crippen molar-refractivity contribution in [2.24, 2.45) is 5.92 Å². The van der Waals surface area contributed by atoms with Gasteiger partial charge in [0.15, 0.2) is 0 Å². The van der Waals surface area contributed by atoms with Gasteiger partial charge in [-0.25, -0.2) is 13.2 Å². The van der Waals surface area contributed by atoms with Crippen molar-refractivity contribution in [1.82, 2.24) is 9.80 Å². The summed E-state index contributed by atoms with van der Waals surface area (Å²) >= 11 is 0. The lowest BCUT2D eigenvalue weighted by Crippen LogP contribution is -2.46. The van der Waals surface area contributed by atoms with Crippen LogP contribution in [0.2, 0.25) is 0 Å². The van der Waals surface area contributed by atoms with E-state index in [1.54, 1.807) is 4.90 Å². The summed E-state index contributed by atoms with van der Waals surface area (Å²) in [6.07, 6.45) is 4.12. The number of hydrogen-bond acceptors (Lipinski definition) is 2. The van der Waals surface area contributed by atoms with E-state index in [4.69, 9.17) is 0 Å². The van der Waals surface area contributed by atoms with Crippen molar-refractivity contribution >= 4 is 5.91 Å². The number of carbonyl (C=O) groups excluding carboxylic acids is 1. The summed E-state index contributed by atoms with van der Waals surface area (Å²) in [5.41, 5.74) is -1.75. The van der Waals surface area contributed by atoms with Crippen molar-refractivity contribution < 1.29 is 18.0 Å². The Labute approximate surface area is 152 Å². The molecule has 26 heavy (non-hydrogen) atoms. The summed E-state index contributed by atoms with van der Waals surface area (Å²) in [6.45, 7) is 3.39. The molecule has 0 spiro atoms. The summed E-state index contributed by atoms with van der Waals surface area (Å²) in [6, 6.07) is 2.26. The van der Waals surface area contributed by atoms with E-state index in [1.807, 2.05) is 4.90 Å². The van der Waals surface area contributed by atoms with Crippen molar-refractivity contribution in [3.05, 3.63) is 34.9 Å². The highest BCUT2D eigenvalue weighted by Crippen LogP contribution is 2.50. The number of likely N-dealkylation sites (tertiary alicyclic amines) is 2. The largest absolute Gasteiger partial charge is 0.342 e. The lowest BCUT2D eigenvalue weighted by atomic mass is 9.68. The summed E-state index contributed by atoms with van der Waals surface area (Å²) in [7, 11) is 0. The second kappa shape index (κ2) is 6.87. The Morgan fingerprint density at radius 2 is 1.54 bits per heavy atom. The molecule has 0 atom stereocenters. The van der Waals surface area contributed by atoms with Crippen LogP contribution >= 0.6 is 0 Å². The maximum absolute atomic E-state index is 15.1. The van der Waals surface area contributed by atoms with E-state index in [0.717, 1.165) is 64.0 Å². The molecule has 2 heterocycles. The monoisotopic (exact) mass is 366 g/mol. The molecule has 6 heteroatoms. The van der Waals surface area contributed by atoms with Crippen molar-refractivity contribution in [3.8, 4) is 0 Å². The smallest absolute Gasteiger partial charge is 0.225 e. The first kappa shape index (κ1) is 17.8. The maximum atomic E-state index is 15.1. The van der Waals surface area contributed by atoms with Crippen LogP contribution in [-0.4, -0.2) is 41.9 Å². The van der Waals surface area contributed by atoms with Crippen LogP contribution < -0.4 is 0 Å². The van der Waals surface area contributed by atoms with E-state index in [2.05, 4.69) is 0 Å². The van der Waals surface area contributed by atoms with Gasteiger partial charge >= 0.3 is 0 Å². The quantitative estimate of drug-likeness (QED) is 0.810. The molecule has 1 saturated carbocycles. The van der Waals surface area contributed by atoms with Crippen LogP contribution in [0, 0.1) is 17.6 Å². The van der Waals surface area contributed by atoms with E-state index >= 15 is 4.39 Å². The number of halogens is 3. The van der Waals surface area contributed by atoms with Gasteiger partial charge in [0.1, 0.15) is 17.3 Å². The molecule has 0 radical (unpaired) electrons. The number of nitrogens with zero attached hydrogens (tertiary/aromatic N) is 2. The molecule has 1 aromatic carbocycles. The van der Waals surface area contributed by atoms with Gasteiger partial charge in [-0.2, -0.15) is 0 Å². The predicted molar refractivity (Wildman–Crippen MR) is 92.2 cm³/mol. The van der Waals surface area contributed by atoms with Crippen LogP contribution in [0.15, 0.2) is 12.1 Å². The first-order valence-corrected chi connectivity index (χ1v) is 9.65. The average Bonchev–Trinajstić information content (AvgIpc) is 3.27. The predicted octanol–water partition coefficient (Wildman–Crippen LogP) is 3.76. The molecule has 2 aliphatic heterocycles. The number of amides is 1. The minimum atomic E-state index is -1.80. The Bertz CT molecular complexity index is 667. The van der Waals surface area contributed by atoms with Gasteiger partial charge in [-0.15, -0.1) is 0 Å². The highest BCUT2D eigenvalue weighted by atomic mass is 19.1. The van der Waals surface area contributed by atoms with Gasteiger partial charge in [0, 0.05) is 31.1 Å². The molecular formula is C20H25F3N2O. The number of benzene rings is 1. The summed E-state index contributed by atoms with van der Waals surface area (Å²) < 4.78 is 44.0. The van der Waals surface area contributed by atoms with Crippen molar-refractivity contribution in [2.75, 3.05) is 26.2 Å². The highest BCUT2D eigenvalue weighted by Gasteiger charge is 2.50. The van der Waals surface area contributed by atoms with Gasteiger partial charge in [0.2, 0.25) is 5.91 Å². The molecular weight excluding hydrogens is 341 g/mol. The first-order valence-electron chi connectivity index (χ1n) is 9.65. The SMILES string of the molecule is O=C([C@H]1C[C@@](F)(c2cc(F)c(CN3CCCC3)c(F)c2)C1)N1CCCC1. The number of hydrogen-bond donors (Lipinski definition) is 0. The van der Waals surface area contributed by atoms with Gasteiger partial charge in [-0.05, 0) is 69.3 Å². The zero-order chi connectivity index (χ0) is 18.3. The topological polar surface area (TPSA) is 23.6 Å². The van der Waals surface area contributed by atoms with Gasteiger partial charge in [0.05, 0.1) is 0 Å². The molecule has 3 fully saturated rings. The molecule has 3 nitrogen and oxygen atoms in total. The third kappa shape index (κ3) is 3.24. The number of rotatable bonds is 4. The first-order chi connectivity index (χ1) is 12.5. The van der Waals surface area contributed by atoms with Crippen LogP contribution in [0.4, 0.5) is 13.2 Å². The molecule has 1 amide bonds. The van der Waals surface area contributed by atoms with Gasteiger partial charge in [-0.1, -0.05) is 0 Å². The van der Waals surface area contributed by atoms with Crippen molar-refractivity contribution in [2.45, 2.75) is 50.7 Å². The molecule has 2 saturated heterocycles. The summed E-state index contributed by atoms with van der Waals surface area (Å²) in [5, 5.41) is 0. The van der Waals surface area contributed by atoms with Gasteiger partial charge in [-0.3, -0.25) is 9.69 Å². The summed E-state index contributed by atoms with van der Waals surface area (Å²) in [5.74, 6) is -1.74. The Morgan fingerprint density at radius 1 is 1.00 bits per heavy atom. The van der Waals surface area contributed by atoms with Crippen LogP contribution in [-0.2, 0) is 17.0 Å². The Kier molecular flexibility index (Phi) is 4.71. The van der Waals surface area contributed by atoms with E-state index in [0.29, 0.717) is 0 Å². The molecule has 3 aliphatic rings. The van der Waals surface area contributed by atoms with E-state index in [1.165, 1.54) is 0 Å². The van der Waals surface area contributed by atoms with Crippen LogP contribution in [0.3, 0.4) is 0 Å². The summed E-state index contributed by atoms with van der Waals surface area (Å²) in [4.78, 5) is 16.1. The van der Waals surface area contributed by atoms with Crippen LogP contribution in [0.1, 0.15) is 49.7 Å². The zero-order valence-corrected chi connectivity index (χ0v) is 14.9. The lowest BCUT2D eigenvalue weighted by Gasteiger charge is -2.42. The average molecular weight is 366 g/mol. The fourth-order valence-corrected chi connectivity index (χ4v) is 4.50. The molecule has 0 N–H and O–H groups in total.